The van der Waals surface area contributed by atoms with Crippen LogP contribution < -0.4 is 5.32 Å². The molecule has 0 aliphatic heterocycles. The van der Waals surface area contributed by atoms with Gasteiger partial charge in [-0.05, 0) is 18.4 Å². The summed E-state index contributed by atoms with van der Waals surface area (Å²) in [7, 11) is 0. The summed E-state index contributed by atoms with van der Waals surface area (Å²) in [5.74, 6) is -0.124. The lowest BCUT2D eigenvalue weighted by Gasteiger charge is -2.07. The molecule has 0 atom stereocenters. The van der Waals surface area contributed by atoms with Crippen LogP contribution in [0.4, 0.5) is 5.69 Å². The zero-order valence-electron chi connectivity index (χ0n) is 11.9. The van der Waals surface area contributed by atoms with E-state index in [2.05, 4.69) is 10.3 Å². The highest BCUT2D eigenvalue weighted by Gasteiger charge is 2.13. The zero-order valence-corrected chi connectivity index (χ0v) is 13.6. The number of hydrogen-bond acceptors (Lipinski definition) is 4. The predicted octanol–water partition coefficient (Wildman–Crippen LogP) is 4.78. The van der Waals surface area contributed by atoms with Gasteiger partial charge in [-0.3, -0.25) is 4.79 Å². The molecule has 3 rings (SSSR count). The molecule has 1 heterocycles. The number of anilines is 1. The lowest BCUT2D eigenvalue weighted by molar-refractivity contribution is 0.103. The third kappa shape index (κ3) is 3.21. The zero-order chi connectivity index (χ0) is 15.4. The summed E-state index contributed by atoms with van der Waals surface area (Å²) >= 11 is 3.00. The smallest absolute Gasteiger partial charge is 0.267 e. The molecule has 22 heavy (non-hydrogen) atoms. The highest BCUT2D eigenvalue weighted by molar-refractivity contribution is 7.98. The third-order valence-corrected chi connectivity index (χ3v) is 4.95. The van der Waals surface area contributed by atoms with Gasteiger partial charge in [-0.25, -0.2) is 4.98 Å². The maximum Gasteiger partial charge on any atom is 0.267 e. The number of rotatable bonds is 4. The number of para-hydroxylation sites is 1. The van der Waals surface area contributed by atoms with Crippen LogP contribution in [0.1, 0.15) is 9.67 Å². The quantitative estimate of drug-likeness (QED) is 0.701. The van der Waals surface area contributed by atoms with E-state index in [-0.39, 0.29) is 5.91 Å². The lowest BCUT2D eigenvalue weighted by Crippen LogP contribution is -2.10. The first kappa shape index (κ1) is 14.8. The molecule has 0 radical (unpaired) electrons. The monoisotopic (exact) mass is 326 g/mol. The minimum Gasteiger partial charge on any atom is -0.320 e. The maximum absolute atomic E-state index is 12.4. The highest BCUT2D eigenvalue weighted by Crippen LogP contribution is 2.28. The standard InChI is InChI=1S/C17H14N2OS2/c1-21-14-10-6-5-9-13(14)19-16(20)15-11-18-17(22-15)12-7-3-2-4-8-12/h2-11H,1H3,(H,19,20). The molecule has 0 spiro atoms. The molecule has 5 heteroatoms. The number of benzene rings is 2. The Balaban J connectivity index is 1.80. The molecule has 110 valence electrons. The molecule has 0 saturated heterocycles. The van der Waals surface area contributed by atoms with Crippen LogP contribution in [0.5, 0.6) is 0 Å². The first-order valence-corrected chi connectivity index (χ1v) is 8.77. The van der Waals surface area contributed by atoms with Gasteiger partial charge < -0.3 is 5.32 Å². The number of aromatic nitrogens is 1. The summed E-state index contributed by atoms with van der Waals surface area (Å²) in [6.45, 7) is 0. The van der Waals surface area contributed by atoms with E-state index in [1.165, 1.54) is 11.3 Å². The summed E-state index contributed by atoms with van der Waals surface area (Å²) in [4.78, 5) is 18.4. The molecule has 0 unspecified atom stereocenters. The molecule has 0 saturated carbocycles. The summed E-state index contributed by atoms with van der Waals surface area (Å²) in [6, 6.07) is 17.6. The van der Waals surface area contributed by atoms with Gasteiger partial charge in [0.25, 0.3) is 5.91 Å². The van der Waals surface area contributed by atoms with Crippen LogP contribution in [-0.4, -0.2) is 17.1 Å². The van der Waals surface area contributed by atoms with E-state index in [4.69, 9.17) is 0 Å². The van der Waals surface area contributed by atoms with Crippen molar-refractivity contribution in [1.82, 2.24) is 4.98 Å². The Morgan fingerprint density at radius 3 is 2.59 bits per heavy atom. The fraction of sp³-hybridized carbons (Fsp3) is 0.0588. The summed E-state index contributed by atoms with van der Waals surface area (Å²) < 4.78 is 0. The van der Waals surface area contributed by atoms with E-state index in [1.54, 1.807) is 18.0 Å². The van der Waals surface area contributed by atoms with Crippen LogP contribution in [-0.2, 0) is 0 Å². The van der Waals surface area contributed by atoms with Crippen molar-refractivity contribution < 1.29 is 4.79 Å². The molecule has 3 aromatic rings. The number of carbonyl (C=O) groups excluding carboxylic acids is 1. The van der Waals surface area contributed by atoms with Gasteiger partial charge in [0.15, 0.2) is 0 Å². The second-order valence-corrected chi connectivity index (χ2v) is 6.43. The lowest BCUT2D eigenvalue weighted by atomic mass is 10.2. The molecule has 0 aliphatic rings. The number of nitrogens with one attached hydrogen (secondary N) is 1. The Kier molecular flexibility index (Phi) is 4.56. The Morgan fingerprint density at radius 2 is 1.82 bits per heavy atom. The van der Waals surface area contributed by atoms with E-state index < -0.39 is 0 Å². The highest BCUT2D eigenvalue weighted by atomic mass is 32.2. The molecule has 0 aliphatic carbocycles. The van der Waals surface area contributed by atoms with E-state index in [1.807, 2.05) is 60.9 Å². The van der Waals surface area contributed by atoms with Crippen LogP contribution in [0.2, 0.25) is 0 Å². The summed E-state index contributed by atoms with van der Waals surface area (Å²) in [5, 5.41) is 3.80. The Hall–Kier alpha value is -2.11. The molecular formula is C17H14N2OS2. The number of thioether (sulfide) groups is 1. The van der Waals surface area contributed by atoms with Crippen molar-refractivity contribution in [3.8, 4) is 10.6 Å². The Morgan fingerprint density at radius 1 is 1.09 bits per heavy atom. The van der Waals surface area contributed by atoms with E-state index in [9.17, 15) is 4.79 Å². The molecule has 1 amide bonds. The Bertz CT molecular complexity index is 784. The number of amides is 1. The topological polar surface area (TPSA) is 42.0 Å². The molecular weight excluding hydrogens is 312 g/mol. The Labute approximate surface area is 137 Å². The minimum absolute atomic E-state index is 0.124. The molecule has 3 nitrogen and oxygen atoms in total. The van der Waals surface area contributed by atoms with Gasteiger partial charge in [-0.2, -0.15) is 0 Å². The third-order valence-electron chi connectivity index (χ3n) is 3.11. The molecule has 0 fully saturated rings. The van der Waals surface area contributed by atoms with Crippen molar-refractivity contribution in [2.75, 3.05) is 11.6 Å². The van der Waals surface area contributed by atoms with Crippen molar-refractivity contribution >= 4 is 34.7 Å². The predicted molar refractivity (Wildman–Crippen MR) is 93.7 cm³/mol. The largest absolute Gasteiger partial charge is 0.320 e. The SMILES string of the molecule is CSc1ccccc1NC(=O)c1cnc(-c2ccccc2)s1. The first-order chi connectivity index (χ1) is 10.8. The second-order valence-electron chi connectivity index (χ2n) is 4.55. The van der Waals surface area contributed by atoms with E-state index >= 15 is 0 Å². The van der Waals surface area contributed by atoms with Crippen LogP contribution >= 0.6 is 23.1 Å². The fourth-order valence-electron chi connectivity index (χ4n) is 2.03. The van der Waals surface area contributed by atoms with Gasteiger partial charge in [0.2, 0.25) is 0 Å². The summed E-state index contributed by atoms with van der Waals surface area (Å²) in [5.41, 5.74) is 1.85. The molecule has 2 aromatic carbocycles. The summed E-state index contributed by atoms with van der Waals surface area (Å²) in [6.07, 6.45) is 3.62. The van der Waals surface area contributed by atoms with E-state index in [0.717, 1.165) is 21.2 Å². The van der Waals surface area contributed by atoms with E-state index in [0.29, 0.717) is 4.88 Å². The van der Waals surface area contributed by atoms with Gasteiger partial charge in [-0.15, -0.1) is 23.1 Å². The van der Waals surface area contributed by atoms with Crippen molar-refractivity contribution in [2.45, 2.75) is 4.90 Å². The van der Waals surface area contributed by atoms with Crippen molar-refractivity contribution in [1.29, 1.82) is 0 Å². The average Bonchev–Trinajstić information content (AvgIpc) is 3.06. The molecule has 0 bridgehead atoms. The fourth-order valence-corrected chi connectivity index (χ4v) is 3.40. The number of carbonyl (C=O) groups is 1. The van der Waals surface area contributed by atoms with Gasteiger partial charge in [0.1, 0.15) is 9.88 Å². The van der Waals surface area contributed by atoms with Crippen LogP contribution in [0, 0.1) is 0 Å². The van der Waals surface area contributed by atoms with Gasteiger partial charge in [0.05, 0.1) is 11.9 Å². The maximum atomic E-state index is 12.4. The van der Waals surface area contributed by atoms with Crippen LogP contribution in [0.25, 0.3) is 10.6 Å². The molecule has 1 aromatic heterocycles. The number of nitrogens with zero attached hydrogens (tertiary/aromatic N) is 1. The first-order valence-electron chi connectivity index (χ1n) is 6.73. The van der Waals surface area contributed by atoms with Gasteiger partial charge in [0, 0.05) is 10.5 Å². The second kappa shape index (κ2) is 6.77. The average molecular weight is 326 g/mol. The minimum atomic E-state index is -0.124. The number of hydrogen-bond donors (Lipinski definition) is 1. The van der Waals surface area contributed by atoms with Crippen LogP contribution in [0.15, 0.2) is 65.7 Å². The number of thiazole rings is 1. The van der Waals surface area contributed by atoms with Gasteiger partial charge in [-0.1, -0.05) is 42.5 Å². The molecule has 1 N–H and O–H groups in total. The van der Waals surface area contributed by atoms with Crippen LogP contribution in [0.3, 0.4) is 0 Å². The van der Waals surface area contributed by atoms with Crippen molar-refractivity contribution in [2.24, 2.45) is 0 Å². The normalized spacial score (nSPS) is 10.4. The van der Waals surface area contributed by atoms with Gasteiger partial charge >= 0.3 is 0 Å². The van der Waals surface area contributed by atoms with Crippen molar-refractivity contribution in [3.05, 3.63) is 65.7 Å². The van der Waals surface area contributed by atoms with Crippen molar-refractivity contribution in [3.63, 3.8) is 0 Å².